The van der Waals surface area contributed by atoms with E-state index in [0.717, 1.165) is 71.0 Å². The summed E-state index contributed by atoms with van der Waals surface area (Å²) in [5.74, 6) is 0.0732. The molecule has 0 aromatic rings. The summed E-state index contributed by atoms with van der Waals surface area (Å²) in [7, 11) is 0. The highest BCUT2D eigenvalue weighted by atomic mass is 16.6. The molecule has 0 aliphatic carbocycles. The van der Waals surface area contributed by atoms with Crippen LogP contribution >= 0.6 is 0 Å². The van der Waals surface area contributed by atoms with E-state index in [1.54, 1.807) is 0 Å². The van der Waals surface area contributed by atoms with Gasteiger partial charge in [0.25, 0.3) is 0 Å². The number of hydrogen-bond acceptors (Lipinski definition) is 13. The summed E-state index contributed by atoms with van der Waals surface area (Å²) in [6, 6.07) is 0. The van der Waals surface area contributed by atoms with E-state index in [1.165, 1.54) is 38.5 Å². The first kappa shape index (κ1) is 63.6. The van der Waals surface area contributed by atoms with Crippen LogP contribution < -0.4 is 5.32 Å². The third-order valence-electron chi connectivity index (χ3n) is 12.9. The van der Waals surface area contributed by atoms with Crippen molar-refractivity contribution in [1.29, 1.82) is 0 Å². The predicted molar refractivity (Wildman–Crippen MR) is 271 cm³/mol. The first-order chi connectivity index (χ1) is 33.2. The number of carbonyl (C=O) groups excluding carboxylic acids is 6. The largest absolute Gasteiger partial charge is 0.466 e. The number of likely N-dealkylation sites (tertiary alicyclic amines) is 1. The lowest BCUT2D eigenvalue weighted by molar-refractivity contribution is -0.154. The molecule has 1 aliphatic heterocycles. The summed E-state index contributed by atoms with van der Waals surface area (Å²) in [6.45, 7) is 19.3. The van der Waals surface area contributed by atoms with Crippen molar-refractivity contribution in [2.45, 2.75) is 228 Å². The number of hydrogen-bond donors (Lipinski definition) is 1. The molecule has 3 unspecified atom stereocenters. The Hall–Kier alpha value is -3.42. The molecule has 1 aliphatic rings. The number of nitrogens with zero attached hydrogens (tertiary/aromatic N) is 1. The van der Waals surface area contributed by atoms with Gasteiger partial charge in [-0.15, -0.1) is 0 Å². The standard InChI is InChI=1S/C55H100N2O12/c1-8-9-10-13-26-49(69-55(63)56-35-38-57-36-18-19-37-57)31-32-54(62)68-43-48(41-66-52(60)29-16-11-14-27-50(58)64-39-33-46(6)24-20-22-44(2)3)42-67-53(61)30-17-12-15-28-51(59)65-40-34-47(7)25-21-23-45(4)5/h44-49H,8-43H2,1-7H3,(H,56,63). The molecular formula is C55H100N2O12. The van der Waals surface area contributed by atoms with Crippen molar-refractivity contribution in [2.75, 3.05) is 59.2 Å². The van der Waals surface area contributed by atoms with Crippen molar-refractivity contribution < 1.29 is 57.2 Å². The molecule has 1 amide bonds. The van der Waals surface area contributed by atoms with Gasteiger partial charge in [-0.25, -0.2) is 4.79 Å². The number of alkyl carbamates (subject to hydrolysis) is 1. The number of amides is 1. The summed E-state index contributed by atoms with van der Waals surface area (Å²) >= 11 is 0. The number of ether oxygens (including phenoxy) is 6. The van der Waals surface area contributed by atoms with Gasteiger partial charge in [-0.05, 0) is 107 Å². The van der Waals surface area contributed by atoms with Gasteiger partial charge in [0.15, 0.2) is 0 Å². The zero-order valence-electron chi connectivity index (χ0n) is 44.8. The molecule has 0 radical (unpaired) electrons. The van der Waals surface area contributed by atoms with Crippen molar-refractivity contribution in [1.82, 2.24) is 10.2 Å². The maximum absolute atomic E-state index is 13.0. The summed E-state index contributed by atoms with van der Waals surface area (Å²) in [4.78, 5) is 78.0. The van der Waals surface area contributed by atoms with Gasteiger partial charge in [0, 0.05) is 45.2 Å². The Morgan fingerprint density at radius 3 is 1.35 bits per heavy atom. The van der Waals surface area contributed by atoms with Gasteiger partial charge < -0.3 is 38.6 Å². The summed E-state index contributed by atoms with van der Waals surface area (Å²) in [5, 5.41) is 2.86. The second-order valence-corrected chi connectivity index (χ2v) is 20.8. The molecule has 0 aromatic carbocycles. The smallest absolute Gasteiger partial charge is 0.407 e. The van der Waals surface area contributed by atoms with Crippen LogP contribution in [0.15, 0.2) is 0 Å². The van der Waals surface area contributed by atoms with E-state index in [2.05, 4.69) is 58.7 Å². The van der Waals surface area contributed by atoms with Crippen LogP contribution in [0.5, 0.6) is 0 Å². The van der Waals surface area contributed by atoms with E-state index in [-0.39, 0.29) is 51.0 Å². The predicted octanol–water partition coefficient (Wildman–Crippen LogP) is 11.9. The van der Waals surface area contributed by atoms with Crippen LogP contribution in [-0.2, 0) is 52.4 Å². The van der Waals surface area contributed by atoms with Crippen LogP contribution in [0.3, 0.4) is 0 Å². The van der Waals surface area contributed by atoms with Crippen LogP contribution in [0, 0.1) is 29.6 Å². The molecule has 1 N–H and O–H groups in total. The molecular weight excluding hydrogens is 881 g/mol. The van der Waals surface area contributed by atoms with Crippen molar-refractivity contribution >= 4 is 35.9 Å². The fraction of sp³-hybridized carbons (Fsp3) is 0.891. The molecule has 14 heteroatoms. The molecule has 0 bridgehead atoms. The highest BCUT2D eigenvalue weighted by molar-refractivity contribution is 5.71. The fourth-order valence-electron chi connectivity index (χ4n) is 8.21. The summed E-state index contributed by atoms with van der Waals surface area (Å²) < 4.78 is 33.4. The molecule has 402 valence electrons. The molecule has 1 fully saturated rings. The number of esters is 5. The second-order valence-electron chi connectivity index (χ2n) is 20.8. The lowest BCUT2D eigenvalue weighted by atomic mass is 9.98. The zero-order chi connectivity index (χ0) is 50.9. The van der Waals surface area contributed by atoms with Crippen LogP contribution in [0.1, 0.15) is 222 Å². The van der Waals surface area contributed by atoms with E-state index in [0.29, 0.717) is 108 Å². The van der Waals surface area contributed by atoms with Gasteiger partial charge in [-0.2, -0.15) is 0 Å². The van der Waals surface area contributed by atoms with Gasteiger partial charge >= 0.3 is 35.9 Å². The van der Waals surface area contributed by atoms with Crippen molar-refractivity contribution in [3.8, 4) is 0 Å². The Morgan fingerprint density at radius 2 is 0.899 bits per heavy atom. The van der Waals surface area contributed by atoms with Crippen LogP contribution in [0.4, 0.5) is 4.79 Å². The first-order valence-corrected chi connectivity index (χ1v) is 27.6. The topological polar surface area (TPSA) is 173 Å². The van der Waals surface area contributed by atoms with Crippen molar-refractivity contribution in [3.63, 3.8) is 0 Å². The van der Waals surface area contributed by atoms with Gasteiger partial charge in [-0.1, -0.05) is 119 Å². The SMILES string of the molecule is CCCCCCC(CCC(=O)OCC(COC(=O)CCCCCC(=O)OCCC(C)CCCC(C)C)COC(=O)CCCCCC(=O)OCCC(C)CCCC(C)C)OC(=O)NCCN1CCCC1. The summed E-state index contributed by atoms with van der Waals surface area (Å²) in [5.41, 5.74) is 0. The van der Waals surface area contributed by atoms with E-state index in [9.17, 15) is 28.8 Å². The lowest BCUT2D eigenvalue weighted by Gasteiger charge is -2.20. The Balaban J connectivity index is 2.58. The van der Waals surface area contributed by atoms with E-state index >= 15 is 0 Å². The summed E-state index contributed by atoms with van der Waals surface area (Å²) in [6.07, 6.45) is 19.8. The third-order valence-corrected chi connectivity index (χ3v) is 12.9. The van der Waals surface area contributed by atoms with E-state index in [4.69, 9.17) is 28.4 Å². The maximum atomic E-state index is 13.0. The normalized spacial score (nSPS) is 14.5. The Bertz CT molecular complexity index is 1290. The fourth-order valence-corrected chi connectivity index (χ4v) is 8.21. The highest BCUT2D eigenvalue weighted by Gasteiger charge is 2.21. The molecule has 1 saturated heterocycles. The number of rotatable bonds is 44. The maximum Gasteiger partial charge on any atom is 0.407 e. The molecule has 0 spiro atoms. The average Bonchev–Trinajstić information content (AvgIpc) is 3.82. The lowest BCUT2D eigenvalue weighted by Crippen LogP contribution is -2.35. The Labute approximate surface area is 418 Å². The molecule has 14 nitrogen and oxygen atoms in total. The van der Waals surface area contributed by atoms with Gasteiger partial charge in [-0.3, -0.25) is 24.0 Å². The minimum atomic E-state index is -0.593. The average molecular weight is 981 g/mol. The van der Waals surface area contributed by atoms with E-state index < -0.39 is 36.0 Å². The monoisotopic (exact) mass is 981 g/mol. The quantitative estimate of drug-likeness (QED) is 0.0347. The van der Waals surface area contributed by atoms with Crippen LogP contribution in [0.2, 0.25) is 0 Å². The van der Waals surface area contributed by atoms with Gasteiger partial charge in [0.1, 0.15) is 25.9 Å². The molecule has 3 atom stereocenters. The Kier molecular flexibility index (Phi) is 39.0. The molecule has 0 aromatic heterocycles. The zero-order valence-corrected chi connectivity index (χ0v) is 44.8. The van der Waals surface area contributed by atoms with E-state index in [1.807, 2.05) is 0 Å². The van der Waals surface area contributed by atoms with Gasteiger partial charge in [0.2, 0.25) is 0 Å². The second kappa shape index (κ2) is 42.3. The van der Waals surface area contributed by atoms with Crippen LogP contribution in [-0.4, -0.2) is 106 Å². The number of nitrogens with one attached hydrogen (secondary N) is 1. The van der Waals surface area contributed by atoms with Crippen LogP contribution in [0.25, 0.3) is 0 Å². The number of carbonyl (C=O) groups is 6. The molecule has 69 heavy (non-hydrogen) atoms. The highest BCUT2D eigenvalue weighted by Crippen LogP contribution is 2.19. The van der Waals surface area contributed by atoms with Crippen molar-refractivity contribution in [3.05, 3.63) is 0 Å². The molecule has 1 rings (SSSR count). The molecule has 1 heterocycles. The van der Waals surface area contributed by atoms with Gasteiger partial charge in [0.05, 0.1) is 19.1 Å². The third kappa shape index (κ3) is 39.9. The Morgan fingerprint density at radius 1 is 0.464 bits per heavy atom. The van der Waals surface area contributed by atoms with Crippen molar-refractivity contribution in [2.24, 2.45) is 29.6 Å². The number of unbranched alkanes of at least 4 members (excludes halogenated alkanes) is 7. The minimum absolute atomic E-state index is 0.0298. The molecule has 0 saturated carbocycles. The first-order valence-electron chi connectivity index (χ1n) is 27.6. The minimum Gasteiger partial charge on any atom is -0.466 e.